The lowest BCUT2D eigenvalue weighted by Crippen LogP contribution is -2.52. The number of allylic oxidation sites excluding steroid dienone is 1. The first kappa shape index (κ1) is 40.8. The average Bonchev–Trinajstić information content (AvgIpc) is 3.05. The highest BCUT2D eigenvalue weighted by Crippen LogP contribution is 2.32. The van der Waals surface area contributed by atoms with Gasteiger partial charge >= 0.3 is 0 Å². The summed E-state index contributed by atoms with van der Waals surface area (Å²) < 4.78 is 25.9. The highest BCUT2D eigenvalue weighted by atomic mass is 35.5. The fraction of sp³-hybridized carbons (Fsp3) is 0.486. The van der Waals surface area contributed by atoms with Gasteiger partial charge in [-0.3, -0.25) is 19.3 Å². The van der Waals surface area contributed by atoms with Crippen molar-refractivity contribution in [1.82, 2.24) is 24.7 Å². The molecule has 0 spiro atoms. The summed E-state index contributed by atoms with van der Waals surface area (Å²) in [6.45, 7) is 20.2. The summed E-state index contributed by atoms with van der Waals surface area (Å²) in [7, 11) is 0. The van der Waals surface area contributed by atoms with E-state index in [9.17, 15) is 28.3 Å². The SMILES string of the molecule is C=C(N=C(C)N(C(=O)/C(=C(\C)CC)N1CCN(C(C)=O)CC1)C(C)CC)c1ncc(O)cn1.CCC(=O)Nc1ccc(C(C)(F)F)cc1Cl. The molecule has 0 saturated carbocycles. The fourth-order valence-electron chi connectivity index (χ4n) is 4.86. The van der Waals surface area contributed by atoms with Crippen molar-refractivity contribution in [3.8, 4) is 5.75 Å². The minimum absolute atomic E-state index is 0.0432. The van der Waals surface area contributed by atoms with E-state index in [1.807, 2.05) is 27.7 Å². The quantitative estimate of drug-likeness (QED) is 0.157. The number of hydrogen-bond donors (Lipinski definition) is 2. The van der Waals surface area contributed by atoms with Gasteiger partial charge in [-0.2, -0.15) is 0 Å². The number of aliphatic imine (C=N–C) groups is 1. The number of nitrogens with one attached hydrogen (secondary N) is 1. The molecule has 1 aliphatic heterocycles. The van der Waals surface area contributed by atoms with E-state index in [1.54, 1.807) is 30.6 Å². The van der Waals surface area contributed by atoms with Gasteiger partial charge in [-0.15, -0.1) is 0 Å². The highest BCUT2D eigenvalue weighted by molar-refractivity contribution is 6.33. The maximum atomic E-state index is 13.9. The molecule has 1 atom stereocenters. The molecule has 2 aromatic rings. The van der Waals surface area contributed by atoms with E-state index in [0.29, 0.717) is 55.5 Å². The Morgan fingerprint density at radius 2 is 1.63 bits per heavy atom. The van der Waals surface area contributed by atoms with Crippen molar-refractivity contribution in [2.45, 2.75) is 86.6 Å². The number of rotatable bonds is 10. The average molecular weight is 704 g/mol. The molecule has 1 aromatic heterocycles. The van der Waals surface area contributed by atoms with Crippen LogP contribution in [0.25, 0.3) is 5.70 Å². The molecule has 14 heteroatoms. The minimum atomic E-state index is -2.93. The second-order valence-corrected chi connectivity index (χ2v) is 12.2. The Bertz CT molecular complexity index is 1550. The number of nitrogens with zero attached hydrogens (tertiary/aromatic N) is 6. The largest absolute Gasteiger partial charge is 0.505 e. The third-order valence-corrected chi connectivity index (χ3v) is 8.35. The number of amidine groups is 1. The van der Waals surface area contributed by atoms with Gasteiger partial charge in [0.05, 0.1) is 23.1 Å². The number of hydrogen-bond acceptors (Lipinski definition) is 8. The minimum Gasteiger partial charge on any atom is -0.505 e. The molecule has 0 aliphatic carbocycles. The van der Waals surface area contributed by atoms with Gasteiger partial charge in [0.1, 0.15) is 17.2 Å². The smallest absolute Gasteiger partial charge is 0.275 e. The molecule has 49 heavy (non-hydrogen) atoms. The molecule has 1 fully saturated rings. The number of aromatic nitrogens is 2. The zero-order valence-electron chi connectivity index (χ0n) is 29.6. The van der Waals surface area contributed by atoms with Crippen molar-refractivity contribution in [2.24, 2.45) is 4.99 Å². The number of halogens is 3. The Hall–Kier alpha value is -4.39. The number of aromatic hydroxyl groups is 1. The lowest BCUT2D eigenvalue weighted by molar-refractivity contribution is -0.130. The van der Waals surface area contributed by atoms with Crippen molar-refractivity contribution in [2.75, 3.05) is 31.5 Å². The van der Waals surface area contributed by atoms with Crippen LogP contribution in [-0.4, -0.2) is 85.6 Å². The number of carbonyl (C=O) groups is 3. The van der Waals surface area contributed by atoms with Crippen molar-refractivity contribution in [3.63, 3.8) is 0 Å². The zero-order chi connectivity index (χ0) is 37.1. The standard InChI is InChI=1S/C24H36N6O3.C11H12ClF2NO/c1-8-16(3)22(29-12-10-28(11-13-29)20(7)31)24(33)30(17(4)9-2)19(6)27-18(5)23-25-14-21(32)15-26-23;1-3-10(16)15-9-5-4-7(6-8(9)12)11(2,13)14/h14-15,17,32H,5,8-13H2,1-4,6-7H3;4-6H,3H2,1-2H3,(H,15,16)/b22-16-,27-19?;. The number of carbonyl (C=O) groups excluding carboxylic acids is 3. The summed E-state index contributed by atoms with van der Waals surface area (Å²) in [5, 5.41) is 12.1. The van der Waals surface area contributed by atoms with Crippen LogP contribution in [0.2, 0.25) is 5.02 Å². The van der Waals surface area contributed by atoms with E-state index in [4.69, 9.17) is 11.6 Å². The number of alkyl halides is 2. The summed E-state index contributed by atoms with van der Waals surface area (Å²) in [6.07, 6.45) is 4.36. The highest BCUT2D eigenvalue weighted by Gasteiger charge is 2.32. The topological polar surface area (TPSA) is 131 Å². The van der Waals surface area contributed by atoms with Crippen LogP contribution in [0.4, 0.5) is 14.5 Å². The normalized spacial score (nSPS) is 14.6. The first-order valence-corrected chi connectivity index (χ1v) is 16.6. The molecule has 1 aromatic carbocycles. The second-order valence-electron chi connectivity index (χ2n) is 11.8. The summed E-state index contributed by atoms with van der Waals surface area (Å²) >= 11 is 5.79. The first-order valence-electron chi connectivity index (χ1n) is 16.2. The van der Waals surface area contributed by atoms with E-state index < -0.39 is 5.92 Å². The van der Waals surface area contributed by atoms with Gasteiger partial charge in [-0.05, 0) is 51.3 Å². The van der Waals surface area contributed by atoms with Crippen LogP contribution < -0.4 is 5.32 Å². The van der Waals surface area contributed by atoms with E-state index in [0.717, 1.165) is 31.4 Å². The first-order chi connectivity index (χ1) is 22.9. The molecular formula is C35H48ClF2N7O4. The third kappa shape index (κ3) is 11.6. The van der Waals surface area contributed by atoms with Crippen LogP contribution in [0, 0.1) is 0 Å². The Kier molecular flexibility index (Phi) is 15.3. The molecular weight excluding hydrogens is 656 g/mol. The monoisotopic (exact) mass is 703 g/mol. The van der Waals surface area contributed by atoms with E-state index in [-0.39, 0.29) is 45.9 Å². The number of piperazine rings is 1. The molecule has 2 heterocycles. The molecule has 1 aliphatic rings. The van der Waals surface area contributed by atoms with Crippen LogP contribution in [0.5, 0.6) is 5.75 Å². The van der Waals surface area contributed by atoms with Gasteiger partial charge in [0.15, 0.2) is 11.6 Å². The number of anilines is 1. The molecule has 1 unspecified atom stereocenters. The Labute approximate surface area is 292 Å². The summed E-state index contributed by atoms with van der Waals surface area (Å²) in [5.74, 6) is -2.46. The van der Waals surface area contributed by atoms with Crippen LogP contribution in [0.3, 0.4) is 0 Å². The van der Waals surface area contributed by atoms with E-state index in [2.05, 4.69) is 31.8 Å². The van der Waals surface area contributed by atoms with Crippen LogP contribution in [-0.2, 0) is 20.3 Å². The van der Waals surface area contributed by atoms with E-state index >= 15 is 0 Å². The second kappa shape index (κ2) is 18.4. The van der Waals surface area contributed by atoms with Crippen molar-refractivity contribution >= 4 is 46.5 Å². The van der Waals surface area contributed by atoms with E-state index in [1.165, 1.54) is 24.5 Å². The molecule has 1 saturated heterocycles. The fourth-order valence-corrected chi connectivity index (χ4v) is 5.09. The van der Waals surface area contributed by atoms with Gasteiger partial charge in [0, 0.05) is 58.1 Å². The van der Waals surface area contributed by atoms with Crippen molar-refractivity contribution in [3.05, 3.63) is 64.9 Å². The van der Waals surface area contributed by atoms with Crippen molar-refractivity contribution < 1.29 is 28.3 Å². The Balaban J connectivity index is 0.000000435. The Morgan fingerprint density at radius 1 is 1.06 bits per heavy atom. The predicted octanol–water partition coefficient (Wildman–Crippen LogP) is 6.85. The van der Waals surface area contributed by atoms with Gasteiger partial charge in [0.2, 0.25) is 11.8 Å². The maximum absolute atomic E-state index is 13.9. The number of benzene rings is 1. The van der Waals surface area contributed by atoms with Gasteiger partial charge in [-0.25, -0.2) is 23.7 Å². The van der Waals surface area contributed by atoms with Crippen molar-refractivity contribution in [1.29, 1.82) is 0 Å². The molecule has 0 bridgehead atoms. The van der Waals surface area contributed by atoms with Crippen LogP contribution >= 0.6 is 11.6 Å². The summed E-state index contributed by atoms with van der Waals surface area (Å²) in [5.41, 5.74) is 2.15. The summed E-state index contributed by atoms with van der Waals surface area (Å²) in [6, 6.07) is 3.69. The lowest BCUT2D eigenvalue weighted by Gasteiger charge is -2.39. The zero-order valence-corrected chi connectivity index (χ0v) is 30.4. The van der Waals surface area contributed by atoms with Gasteiger partial charge in [-0.1, -0.05) is 45.0 Å². The molecule has 3 rings (SSSR count). The van der Waals surface area contributed by atoms with Crippen LogP contribution in [0.15, 0.2) is 53.4 Å². The molecule has 268 valence electrons. The predicted molar refractivity (Wildman–Crippen MR) is 189 cm³/mol. The molecule has 0 radical (unpaired) electrons. The third-order valence-electron chi connectivity index (χ3n) is 8.04. The molecule has 2 N–H and O–H groups in total. The maximum Gasteiger partial charge on any atom is 0.275 e. The van der Waals surface area contributed by atoms with Gasteiger partial charge < -0.3 is 20.2 Å². The Morgan fingerprint density at radius 3 is 2.10 bits per heavy atom. The van der Waals surface area contributed by atoms with Crippen LogP contribution in [0.1, 0.15) is 86.0 Å². The molecule has 11 nitrogen and oxygen atoms in total. The van der Waals surface area contributed by atoms with Gasteiger partial charge in [0.25, 0.3) is 11.8 Å². The lowest BCUT2D eigenvalue weighted by atomic mass is 10.1. The number of amides is 3. The molecule has 3 amide bonds. The summed E-state index contributed by atoms with van der Waals surface area (Å²) in [4.78, 5) is 55.0.